The lowest BCUT2D eigenvalue weighted by Crippen LogP contribution is -2.31. The van der Waals surface area contributed by atoms with E-state index in [4.69, 9.17) is 4.74 Å². The Labute approximate surface area is 147 Å². The summed E-state index contributed by atoms with van der Waals surface area (Å²) in [7, 11) is 0. The van der Waals surface area contributed by atoms with E-state index in [1.807, 2.05) is 23.1 Å². The predicted octanol–water partition coefficient (Wildman–Crippen LogP) is 1.41. The van der Waals surface area contributed by atoms with Crippen molar-refractivity contribution >= 4 is 17.5 Å². The molecule has 2 amide bonds. The van der Waals surface area contributed by atoms with Crippen molar-refractivity contribution in [2.24, 2.45) is 11.8 Å². The maximum absolute atomic E-state index is 12.3. The number of benzene rings is 1. The summed E-state index contributed by atoms with van der Waals surface area (Å²) in [5, 5.41) is 6.27. The molecule has 0 aliphatic carbocycles. The highest BCUT2D eigenvalue weighted by Crippen LogP contribution is 2.28. The van der Waals surface area contributed by atoms with Crippen molar-refractivity contribution in [1.29, 1.82) is 0 Å². The van der Waals surface area contributed by atoms with Gasteiger partial charge in [0.15, 0.2) is 0 Å². The monoisotopic (exact) mass is 343 g/mol. The van der Waals surface area contributed by atoms with Gasteiger partial charge < -0.3 is 20.3 Å². The number of carbonyl (C=O) groups excluding carboxylic acids is 2. The highest BCUT2D eigenvalue weighted by molar-refractivity contribution is 5.94. The second-order valence-corrected chi connectivity index (χ2v) is 7.30. The topological polar surface area (TPSA) is 70.7 Å². The van der Waals surface area contributed by atoms with Gasteiger partial charge >= 0.3 is 0 Å². The number of nitrogens with one attached hydrogen (secondary N) is 2. The molecule has 6 nitrogen and oxygen atoms in total. The van der Waals surface area contributed by atoms with Crippen molar-refractivity contribution in [3.63, 3.8) is 0 Å². The highest BCUT2D eigenvalue weighted by atomic mass is 16.5. The molecule has 1 aromatic carbocycles. The minimum atomic E-state index is 0.0708. The van der Waals surface area contributed by atoms with Crippen LogP contribution >= 0.6 is 0 Å². The van der Waals surface area contributed by atoms with E-state index in [9.17, 15) is 9.59 Å². The van der Waals surface area contributed by atoms with Crippen molar-refractivity contribution in [3.05, 3.63) is 23.8 Å². The lowest BCUT2D eigenvalue weighted by Gasteiger charge is -2.18. The molecule has 3 heterocycles. The van der Waals surface area contributed by atoms with Gasteiger partial charge in [0.25, 0.3) is 0 Å². The Kier molecular flexibility index (Phi) is 4.61. The van der Waals surface area contributed by atoms with Gasteiger partial charge in [0.1, 0.15) is 5.75 Å². The van der Waals surface area contributed by atoms with E-state index in [1.54, 1.807) is 0 Å². The number of carbonyl (C=O) groups is 2. The number of amides is 2. The van der Waals surface area contributed by atoms with Crippen molar-refractivity contribution in [3.8, 4) is 5.75 Å². The molecule has 2 N–H and O–H groups in total. The van der Waals surface area contributed by atoms with Gasteiger partial charge in [-0.15, -0.1) is 0 Å². The van der Waals surface area contributed by atoms with Gasteiger partial charge in [0, 0.05) is 44.7 Å². The van der Waals surface area contributed by atoms with Crippen molar-refractivity contribution in [2.75, 3.05) is 38.1 Å². The van der Waals surface area contributed by atoms with Crippen LogP contribution in [-0.4, -0.2) is 49.5 Å². The van der Waals surface area contributed by atoms with E-state index in [0.717, 1.165) is 56.0 Å². The minimum absolute atomic E-state index is 0.0708. The van der Waals surface area contributed by atoms with Crippen LogP contribution in [0.25, 0.3) is 0 Å². The normalized spacial score (nSPS) is 24.6. The third-order valence-corrected chi connectivity index (χ3v) is 5.52. The number of hydrogen-bond acceptors (Lipinski definition) is 4. The van der Waals surface area contributed by atoms with Crippen LogP contribution in [0.15, 0.2) is 18.2 Å². The molecule has 0 saturated carbocycles. The number of fused-ring (bicyclic) bond motifs is 2. The Bertz CT molecular complexity index is 664. The number of anilines is 1. The fourth-order valence-electron chi connectivity index (χ4n) is 4.08. The number of nitrogens with zero attached hydrogens (tertiary/aromatic N) is 1. The summed E-state index contributed by atoms with van der Waals surface area (Å²) in [4.78, 5) is 25.7. The Morgan fingerprint density at radius 3 is 2.80 bits per heavy atom. The van der Waals surface area contributed by atoms with Crippen LogP contribution in [0, 0.1) is 11.8 Å². The predicted molar refractivity (Wildman–Crippen MR) is 94.6 cm³/mol. The second kappa shape index (κ2) is 7.04. The first-order valence-electron chi connectivity index (χ1n) is 9.23. The largest absolute Gasteiger partial charge is 0.494 e. The van der Waals surface area contributed by atoms with Gasteiger partial charge in [-0.05, 0) is 48.4 Å². The average Bonchev–Trinajstić information content (AvgIpc) is 3.20. The highest BCUT2D eigenvalue weighted by Gasteiger charge is 2.37. The summed E-state index contributed by atoms with van der Waals surface area (Å²) in [6, 6.07) is 5.76. The summed E-state index contributed by atoms with van der Waals surface area (Å²) in [5.41, 5.74) is 2.00. The summed E-state index contributed by atoms with van der Waals surface area (Å²) in [5.74, 6) is 2.43. The lowest BCUT2D eigenvalue weighted by atomic mass is 10.0. The number of rotatable bonds is 5. The van der Waals surface area contributed by atoms with Crippen LogP contribution in [0.5, 0.6) is 5.75 Å². The number of ether oxygens (including phenoxy) is 1. The van der Waals surface area contributed by atoms with Gasteiger partial charge in [0.2, 0.25) is 11.8 Å². The summed E-state index contributed by atoms with van der Waals surface area (Å²) >= 11 is 0. The average molecular weight is 343 g/mol. The van der Waals surface area contributed by atoms with Crippen LogP contribution in [0.4, 0.5) is 5.69 Å². The SMILES string of the molecule is O=C1CCc2cc(OCCCC(=O)N3C[C@H]4CNC[C@H]4C3)ccc2N1. The molecule has 134 valence electrons. The first-order valence-corrected chi connectivity index (χ1v) is 9.23. The number of likely N-dealkylation sites (tertiary alicyclic amines) is 1. The first-order chi connectivity index (χ1) is 12.2. The van der Waals surface area contributed by atoms with Crippen LogP contribution < -0.4 is 15.4 Å². The van der Waals surface area contributed by atoms with Gasteiger partial charge in [-0.1, -0.05) is 0 Å². The molecule has 6 heteroatoms. The lowest BCUT2D eigenvalue weighted by molar-refractivity contribution is -0.130. The molecule has 25 heavy (non-hydrogen) atoms. The van der Waals surface area contributed by atoms with Crippen molar-refractivity contribution in [1.82, 2.24) is 10.2 Å². The second-order valence-electron chi connectivity index (χ2n) is 7.30. The molecule has 0 spiro atoms. The van der Waals surface area contributed by atoms with Gasteiger partial charge in [-0.3, -0.25) is 9.59 Å². The quantitative estimate of drug-likeness (QED) is 0.793. The molecule has 1 aromatic rings. The summed E-state index contributed by atoms with van der Waals surface area (Å²) in [6.45, 7) is 4.47. The van der Waals surface area contributed by atoms with E-state index in [2.05, 4.69) is 10.6 Å². The fraction of sp³-hybridized carbons (Fsp3) is 0.579. The molecular weight excluding hydrogens is 318 g/mol. The van der Waals surface area contributed by atoms with Gasteiger partial charge in [-0.2, -0.15) is 0 Å². The maximum Gasteiger partial charge on any atom is 0.224 e. The van der Waals surface area contributed by atoms with E-state index in [-0.39, 0.29) is 11.8 Å². The van der Waals surface area contributed by atoms with Crippen LogP contribution in [0.2, 0.25) is 0 Å². The van der Waals surface area contributed by atoms with Crippen molar-refractivity contribution < 1.29 is 14.3 Å². The molecule has 0 aromatic heterocycles. The zero-order valence-corrected chi connectivity index (χ0v) is 14.4. The standard InChI is InChI=1S/C19H25N3O3/c23-18-6-3-13-8-16(4-5-17(13)21-18)25-7-1-2-19(24)22-11-14-9-20-10-15(14)12-22/h4-5,8,14-15,20H,1-3,6-7,9-12H2,(H,21,23)/t14-,15+. The molecule has 4 rings (SSSR count). The molecule has 0 bridgehead atoms. The van der Waals surface area contributed by atoms with Crippen LogP contribution in [0.3, 0.4) is 0 Å². The Morgan fingerprint density at radius 1 is 1.20 bits per heavy atom. The third-order valence-electron chi connectivity index (χ3n) is 5.52. The Hall–Kier alpha value is -2.08. The first kappa shape index (κ1) is 16.4. The molecule has 3 aliphatic heterocycles. The van der Waals surface area contributed by atoms with Crippen LogP contribution in [-0.2, 0) is 16.0 Å². The Balaban J connectivity index is 1.21. The molecule has 0 unspecified atom stereocenters. The molecular formula is C19H25N3O3. The smallest absolute Gasteiger partial charge is 0.224 e. The molecule has 2 saturated heterocycles. The Morgan fingerprint density at radius 2 is 2.00 bits per heavy atom. The molecule has 0 radical (unpaired) electrons. The summed E-state index contributed by atoms with van der Waals surface area (Å²) < 4.78 is 5.79. The molecule has 2 fully saturated rings. The fourth-order valence-corrected chi connectivity index (χ4v) is 4.08. The minimum Gasteiger partial charge on any atom is -0.494 e. The van der Waals surface area contributed by atoms with Gasteiger partial charge in [-0.25, -0.2) is 0 Å². The van der Waals surface area contributed by atoms with E-state index >= 15 is 0 Å². The van der Waals surface area contributed by atoms with Crippen LogP contribution in [0.1, 0.15) is 24.8 Å². The zero-order valence-electron chi connectivity index (χ0n) is 14.4. The number of aryl methyl sites for hydroxylation is 1. The van der Waals surface area contributed by atoms with E-state index in [0.29, 0.717) is 31.3 Å². The van der Waals surface area contributed by atoms with Gasteiger partial charge in [0.05, 0.1) is 6.61 Å². The van der Waals surface area contributed by atoms with E-state index < -0.39 is 0 Å². The molecule has 2 atom stereocenters. The summed E-state index contributed by atoms with van der Waals surface area (Å²) in [6.07, 6.45) is 2.56. The number of hydrogen-bond donors (Lipinski definition) is 2. The third kappa shape index (κ3) is 3.63. The van der Waals surface area contributed by atoms with Crippen molar-refractivity contribution in [2.45, 2.75) is 25.7 Å². The molecule has 3 aliphatic rings. The van der Waals surface area contributed by atoms with E-state index in [1.165, 1.54) is 0 Å². The maximum atomic E-state index is 12.3. The zero-order chi connectivity index (χ0) is 17.2.